The molecular weight excluding hydrogens is 316 g/mol. The van der Waals surface area contributed by atoms with Gasteiger partial charge in [0.1, 0.15) is 10.4 Å². The van der Waals surface area contributed by atoms with Crippen molar-refractivity contribution in [2.45, 2.75) is 31.1 Å². The number of hydrogen-bond donors (Lipinski definition) is 1. The van der Waals surface area contributed by atoms with Crippen LogP contribution in [0.25, 0.3) is 11.0 Å². The summed E-state index contributed by atoms with van der Waals surface area (Å²) in [6.07, 6.45) is 3.31. The van der Waals surface area contributed by atoms with E-state index in [-0.39, 0.29) is 10.4 Å². The first-order valence-electron chi connectivity index (χ1n) is 7.99. The van der Waals surface area contributed by atoms with Gasteiger partial charge in [-0.3, -0.25) is 0 Å². The van der Waals surface area contributed by atoms with Crippen LogP contribution in [0.2, 0.25) is 0 Å². The Kier molecular flexibility index (Phi) is 4.93. The molecule has 1 saturated heterocycles. The van der Waals surface area contributed by atoms with Gasteiger partial charge in [-0.05, 0) is 60.7 Å². The second kappa shape index (κ2) is 6.94. The zero-order valence-electron chi connectivity index (χ0n) is 13.2. The van der Waals surface area contributed by atoms with Crippen molar-refractivity contribution < 1.29 is 13.0 Å². The first-order chi connectivity index (χ1) is 11.1. The maximum absolute atomic E-state index is 12.4. The fraction of sp³-hybridized carbons (Fsp3) is 0.600. The largest absolute Gasteiger partial charge is 0.303 e. The molecule has 2 aromatic rings. The van der Waals surface area contributed by atoms with Gasteiger partial charge < -0.3 is 4.90 Å². The van der Waals surface area contributed by atoms with E-state index in [0.29, 0.717) is 12.1 Å². The zero-order valence-corrected chi connectivity index (χ0v) is 14.1. The van der Waals surface area contributed by atoms with E-state index in [2.05, 4.69) is 31.5 Å². The van der Waals surface area contributed by atoms with E-state index in [4.69, 9.17) is 0 Å². The van der Waals surface area contributed by atoms with Gasteiger partial charge in [0.15, 0.2) is 5.52 Å². The van der Waals surface area contributed by atoms with Crippen LogP contribution in [-0.2, 0) is 10.0 Å². The molecular formula is C15H22N4O3S. The van der Waals surface area contributed by atoms with E-state index < -0.39 is 10.0 Å². The summed E-state index contributed by atoms with van der Waals surface area (Å²) in [6.45, 7) is 5.82. The summed E-state index contributed by atoms with van der Waals surface area (Å²) in [5.74, 6) is 0.734. The highest BCUT2D eigenvalue weighted by Crippen LogP contribution is 2.19. The molecule has 7 nitrogen and oxygen atoms in total. The number of benzene rings is 1. The van der Waals surface area contributed by atoms with Crippen LogP contribution in [0.3, 0.4) is 0 Å². The molecule has 126 valence electrons. The molecule has 0 bridgehead atoms. The lowest BCUT2D eigenvalue weighted by Gasteiger charge is -2.30. The van der Waals surface area contributed by atoms with Crippen LogP contribution < -0.4 is 4.72 Å². The maximum Gasteiger partial charge on any atom is 0.242 e. The molecule has 1 aromatic heterocycles. The van der Waals surface area contributed by atoms with Crippen molar-refractivity contribution in [3.63, 3.8) is 0 Å². The lowest BCUT2D eigenvalue weighted by atomic mass is 10.0. The van der Waals surface area contributed by atoms with Gasteiger partial charge in [0, 0.05) is 13.1 Å². The molecule has 1 N–H and O–H groups in total. The maximum atomic E-state index is 12.4. The monoisotopic (exact) mass is 338 g/mol. The molecule has 1 fully saturated rings. The number of nitrogens with one attached hydrogen (secondary N) is 1. The number of likely N-dealkylation sites (tertiary alicyclic amines) is 1. The highest BCUT2D eigenvalue weighted by molar-refractivity contribution is 7.89. The molecule has 2 heterocycles. The van der Waals surface area contributed by atoms with Crippen LogP contribution in [0.5, 0.6) is 0 Å². The van der Waals surface area contributed by atoms with Gasteiger partial charge >= 0.3 is 0 Å². The van der Waals surface area contributed by atoms with E-state index in [9.17, 15) is 8.42 Å². The third kappa shape index (κ3) is 3.88. The minimum atomic E-state index is -3.60. The van der Waals surface area contributed by atoms with Crippen molar-refractivity contribution in [2.75, 3.05) is 26.2 Å². The summed E-state index contributed by atoms with van der Waals surface area (Å²) in [7, 11) is -3.60. The fourth-order valence-corrected chi connectivity index (χ4v) is 4.30. The first-order valence-corrected chi connectivity index (χ1v) is 9.48. The Labute approximate surface area is 136 Å². The number of rotatable bonds is 6. The third-order valence-corrected chi connectivity index (χ3v) is 5.72. The molecule has 0 amide bonds. The van der Waals surface area contributed by atoms with Crippen molar-refractivity contribution in [2.24, 2.45) is 5.92 Å². The number of nitrogens with zero attached hydrogens (tertiary/aromatic N) is 3. The van der Waals surface area contributed by atoms with Gasteiger partial charge in [0.25, 0.3) is 0 Å². The number of piperidine rings is 1. The summed E-state index contributed by atoms with van der Waals surface area (Å²) >= 11 is 0. The molecule has 0 saturated carbocycles. The van der Waals surface area contributed by atoms with Gasteiger partial charge in [0.2, 0.25) is 10.0 Å². The number of sulfonamides is 1. The molecule has 1 aliphatic heterocycles. The van der Waals surface area contributed by atoms with Crippen LogP contribution >= 0.6 is 0 Å². The Bertz CT molecular complexity index is 759. The van der Waals surface area contributed by atoms with Crippen LogP contribution in [0.15, 0.2) is 27.7 Å². The molecule has 0 spiro atoms. The van der Waals surface area contributed by atoms with Crippen molar-refractivity contribution in [1.82, 2.24) is 19.9 Å². The second-order valence-corrected chi connectivity index (χ2v) is 7.92. The second-order valence-electron chi connectivity index (χ2n) is 6.19. The minimum absolute atomic E-state index is 0.114. The van der Waals surface area contributed by atoms with Gasteiger partial charge in [-0.25, -0.2) is 17.8 Å². The normalized spacial score (nSPS) is 20.1. The molecule has 1 aromatic carbocycles. The molecule has 0 aliphatic carbocycles. The highest BCUT2D eigenvalue weighted by atomic mass is 32.2. The summed E-state index contributed by atoms with van der Waals surface area (Å²) in [5.41, 5.74) is 0.708. The topological polar surface area (TPSA) is 88.3 Å². The summed E-state index contributed by atoms with van der Waals surface area (Å²) in [5, 5.41) is 7.35. The summed E-state index contributed by atoms with van der Waals surface area (Å²) < 4.78 is 32.1. The smallest absolute Gasteiger partial charge is 0.242 e. The van der Waals surface area contributed by atoms with E-state index in [0.717, 1.165) is 32.0 Å². The number of hydrogen-bond acceptors (Lipinski definition) is 6. The van der Waals surface area contributed by atoms with Gasteiger partial charge in [-0.15, -0.1) is 0 Å². The molecule has 23 heavy (non-hydrogen) atoms. The van der Waals surface area contributed by atoms with Crippen molar-refractivity contribution in [1.29, 1.82) is 0 Å². The Balaban J connectivity index is 1.56. The summed E-state index contributed by atoms with van der Waals surface area (Å²) in [6, 6.07) is 4.82. The van der Waals surface area contributed by atoms with E-state index in [1.165, 1.54) is 18.9 Å². The Morgan fingerprint density at radius 2 is 2.26 bits per heavy atom. The predicted molar refractivity (Wildman–Crippen MR) is 86.4 cm³/mol. The third-order valence-electron chi connectivity index (χ3n) is 4.22. The van der Waals surface area contributed by atoms with Crippen molar-refractivity contribution in [3.05, 3.63) is 18.2 Å². The van der Waals surface area contributed by atoms with E-state index in [1.54, 1.807) is 12.1 Å². The van der Waals surface area contributed by atoms with Crippen LogP contribution in [0.1, 0.15) is 26.2 Å². The quantitative estimate of drug-likeness (QED) is 0.805. The SMILES string of the molecule is CC1CCCN(CCCNS(=O)(=O)c2cccc3nonc23)C1. The lowest BCUT2D eigenvalue weighted by Crippen LogP contribution is -2.36. The van der Waals surface area contributed by atoms with Crippen molar-refractivity contribution >= 4 is 21.1 Å². The lowest BCUT2D eigenvalue weighted by molar-refractivity contribution is 0.182. The van der Waals surface area contributed by atoms with Gasteiger partial charge in [-0.2, -0.15) is 0 Å². The first kappa shape index (κ1) is 16.4. The van der Waals surface area contributed by atoms with Crippen LogP contribution in [-0.4, -0.2) is 49.8 Å². The molecule has 1 aliphatic rings. The van der Waals surface area contributed by atoms with Gasteiger partial charge in [0.05, 0.1) is 0 Å². The zero-order chi connectivity index (χ0) is 16.3. The fourth-order valence-electron chi connectivity index (χ4n) is 3.07. The van der Waals surface area contributed by atoms with Crippen molar-refractivity contribution in [3.8, 4) is 0 Å². The Hall–Kier alpha value is -1.51. The Morgan fingerprint density at radius 3 is 3.09 bits per heavy atom. The highest BCUT2D eigenvalue weighted by Gasteiger charge is 2.20. The molecule has 1 atom stereocenters. The molecule has 1 unspecified atom stereocenters. The van der Waals surface area contributed by atoms with E-state index in [1.807, 2.05) is 0 Å². The van der Waals surface area contributed by atoms with Crippen LogP contribution in [0.4, 0.5) is 0 Å². The molecule has 8 heteroatoms. The average molecular weight is 338 g/mol. The Morgan fingerprint density at radius 1 is 1.39 bits per heavy atom. The predicted octanol–water partition coefficient (Wildman–Crippen LogP) is 1.62. The number of aromatic nitrogens is 2. The standard InChI is InChI=1S/C15H22N4O3S/c1-12-5-3-9-19(11-12)10-4-8-16-23(20,21)14-7-2-6-13-15(14)18-22-17-13/h2,6-7,12,16H,3-5,8-11H2,1H3. The molecule has 0 radical (unpaired) electrons. The minimum Gasteiger partial charge on any atom is -0.303 e. The number of fused-ring (bicyclic) bond motifs is 1. The van der Waals surface area contributed by atoms with E-state index >= 15 is 0 Å². The summed E-state index contributed by atoms with van der Waals surface area (Å²) in [4.78, 5) is 2.52. The van der Waals surface area contributed by atoms with Crippen LogP contribution in [0, 0.1) is 5.92 Å². The molecule has 3 rings (SSSR count). The average Bonchev–Trinajstić information content (AvgIpc) is 3.00. The van der Waals surface area contributed by atoms with Gasteiger partial charge in [-0.1, -0.05) is 13.0 Å².